The highest BCUT2D eigenvalue weighted by molar-refractivity contribution is 7.26. The number of nitrogens with zero attached hydrogens (tertiary/aromatic N) is 3. The fourth-order valence-electron chi connectivity index (χ4n) is 12.9. The van der Waals surface area contributed by atoms with Crippen LogP contribution in [0.5, 0.6) is 0 Å². The molecule has 352 valence electrons. The lowest BCUT2D eigenvalue weighted by Gasteiger charge is -2.30. The first-order valence-electron chi connectivity index (χ1n) is 25.7. The SMILES string of the molecule is c1ccc2c(c1)-c1ccccc1C21c2ccccc2-c2cc(-c3ccc(-c4ccc5oc6cccc(-c7nc(-c8ccc9sc%10ccccc%10c9c8)nc(-c8cccc9sc%10ccccc%10c89)n7)c6c5c4)cc3)ccc21. The molecule has 2 aliphatic carbocycles. The van der Waals surface area contributed by atoms with Gasteiger partial charge in [-0.05, 0) is 127 Å². The van der Waals surface area contributed by atoms with E-state index in [1.165, 1.54) is 90.6 Å². The van der Waals surface area contributed by atoms with E-state index in [4.69, 9.17) is 19.4 Å². The molecule has 4 aromatic heterocycles. The molecule has 17 rings (SSSR count). The standard InChI is InChI=1S/C70H39N3OS2/c1-6-20-55-45(13-1)46-14-2-7-21-56(46)70(55)57-22-8-3-15-47(57)52-37-42(31-34-58(52)70)40-27-29-41(30-28-40)43-32-35-59-54(38-43)65-50(18-11-23-60(65)74-59)68-71-67(44-33-36-63-53(39-44)48-16-4-9-24-61(48)75-63)72-69(73-68)51-19-12-26-64-66(51)49-17-5-10-25-62(49)76-64/h1-39H. The van der Waals surface area contributed by atoms with E-state index in [-0.39, 0.29) is 5.41 Å². The van der Waals surface area contributed by atoms with Crippen LogP contribution in [0.15, 0.2) is 241 Å². The first kappa shape index (κ1) is 42.1. The Kier molecular flexibility index (Phi) is 8.77. The third kappa shape index (κ3) is 5.91. The normalized spacial score (nSPS) is 13.1. The molecule has 0 bridgehead atoms. The summed E-state index contributed by atoms with van der Waals surface area (Å²) in [5.41, 5.74) is 19.3. The lowest BCUT2D eigenvalue weighted by molar-refractivity contribution is 0.669. The van der Waals surface area contributed by atoms with Crippen molar-refractivity contribution in [2.75, 3.05) is 0 Å². The zero-order chi connectivity index (χ0) is 49.6. The van der Waals surface area contributed by atoms with Crippen LogP contribution in [0.3, 0.4) is 0 Å². The molecule has 6 heteroatoms. The molecule has 0 unspecified atom stereocenters. The van der Waals surface area contributed by atoms with Crippen molar-refractivity contribution in [3.63, 3.8) is 0 Å². The maximum absolute atomic E-state index is 6.65. The molecule has 0 atom stereocenters. The maximum atomic E-state index is 6.65. The van der Waals surface area contributed by atoms with Gasteiger partial charge in [0.2, 0.25) is 0 Å². The monoisotopic (exact) mass is 1000 g/mol. The van der Waals surface area contributed by atoms with Gasteiger partial charge in [-0.1, -0.05) is 176 Å². The van der Waals surface area contributed by atoms with Crippen LogP contribution in [0.1, 0.15) is 22.3 Å². The molecule has 11 aromatic carbocycles. The molecule has 0 N–H and O–H groups in total. The number of rotatable bonds is 5. The van der Waals surface area contributed by atoms with Gasteiger partial charge in [0.1, 0.15) is 11.2 Å². The number of fused-ring (bicyclic) bond motifs is 19. The quantitative estimate of drug-likeness (QED) is 0.172. The minimum atomic E-state index is -0.353. The first-order valence-corrected chi connectivity index (χ1v) is 27.4. The molecule has 2 aliphatic rings. The topological polar surface area (TPSA) is 51.8 Å². The summed E-state index contributed by atoms with van der Waals surface area (Å²) < 4.78 is 11.6. The molecule has 0 amide bonds. The Balaban J connectivity index is 0.786. The molecule has 4 nitrogen and oxygen atoms in total. The zero-order valence-electron chi connectivity index (χ0n) is 40.6. The number of benzene rings is 11. The highest BCUT2D eigenvalue weighted by Gasteiger charge is 2.51. The Morgan fingerprint density at radius 3 is 1.47 bits per heavy atom. The van der Waals surface area contributed by atoms with Crippen molar-refractivity contribution in [3.8, 4) is 78.7 Å². The van der Waals surface area contributed by atoms with E-state index < -0.39 is 0 Å². The van der Waals surface area contributed by atoms with E-state index in [0.29, 0.717) is 17.5 Å². The molecule has 4 heterocycles. The predicted octanol–water partition coefficient (Wildman–Crippen LogP) is 19.2. The van der Waals surface area contributed by atoms with Crippen molar-refractivity contribution >= 4 is 85.0 Å². The van der Waals surface area contributed by atoms with Gasteiger partial charge in [-0.15, -0.1) is 22.7 Å². The summed E-state index contributed by atoms with van der Waals surface area (Å²) in [6.45, 7) is 0. The largest absolute Gasteiger partial charge is 0.456 e. The van der Waals surface area contributed by atoms with Gasteiger partial charge in [0.25, 0.3) is 0 Å². The van der Waals surface area contributed by atoms with Gasteiger partial charge in [0.05, 0.1) is 5.41 Å². The first-order chi connectivity index (χ1) is 37.6. The number of furan rings is 1. The van der Waals surface area contributed by atoms with E-state index in [0.717, 1.165) is 55.1 Å². The molecular weight excluding hydrogens is 963 g/mol. The van der Waals surface area contributed by atoms with Crippen LogP contribution in [-0.2, 0) is 5.41 Å². The Morgan fingerprint density at radius 1 is 0.276 bits per heavy atom. The van der Waals surface area contributed by atoms with Gasteiger partial charge in [-0.25, -0.2) is 15.0 Å². The van der Waals surface area contributed by atoms with Crippen LogP contribution in [0.2, 0.25) is 0 Å². The van der Waals surface area contributed by atoms with E-state index in [9.17, 15) is 0 Å². The van der Waals surface area contributed by atoms with Crippen molar-refractivity contribution in [1.29, 1.82) is 0 Å². The van der Waals surface area contributed by atoms with Crippen LogP contribution in [0, 0.1) is 0 Å². The van der Waals surface area contributed by atoms with Crippen molar-refractivity contribution < 1.29 is 4.42 Å². The number of hydrogen-bond acceptors (Lipinski definition) is 6. The second kappa shape index (κ2) is 15.8. The van der Waals surface area contributed by atoms with Gasteiger partial charge in [-0.3, -0.25) is 0 Å². The fraction of sp³-hybridized carbons (Fsp3) is 0.0143. The molecule has 0 saturated heterocycles. The van der Waals surface area contributed by atoms with Gasteiger partial charge in [-0.2, -0.15) is 0 Å². The average Bonchev–Trinajstić information content (AvgIpc) is 4.42. The Labute approximate surface area is 444 Å². The third-order valence-corrected chi connectivity index (χ3v) is 18.5. The van der Waals surface area contributed by atoms with Crippen LogP contribution in [0.25, 0.3) is 141 Å². The minimum Gasteiger partial charge on any atom is -0.456 e. The van der Waals surface area contributed by atoms with Crippen LogP contribution >= 0.6 is 22.7 Å². The summed E-state index contributed by atoms with van der Waals surface area (Å²) in [4.78, 5) is 16.1. The smallest absolute Gasteiger partial charge is 0.164 e. The molecule has 15 aromatic rings. The molecule has 0 saturated carbocycles. The Bertz CT molecular complexity index is 4920. The van der Waals surface area contributed by atoms with Crippen molar-refractivity contribution in [2.24, 2.45) is 0 Å². The fourth-order valence-corrected chi connectivity index (χ4v) is 15.1. The Hall–Kier alpha value is -9.33. The van der Waals surface area contributed by atoms with E-state index >= 15 is 0 Å². The van der Waals surface area contributed by atoms with E-state index in [1.54, 1.807) is 11.3 Å². The summed E-state index contributed by atoms with van der Waals surface area (Å²) in [5.74, 6) is 1.86. The van der Waals surface area contributed by atoms with E-state index in [2.05, 4.69) is 224 Å². The van der Waals surface area contributed by atoms with Crippen molar-refractivity contribution in [3.05, 3.63) is 259 Å². The maximum Gasteiger partial charge on any atom is 0.164 e. The second-order valence-corrected chi connectivity index (χ2v) is 22.3. The van der Waals surface area contributed by atoms with Gasteiger partial charge < -0.3 is 4.42 Å². The third-order valence-electron chi connectivity index (χ3n) is 16.2. The average molecular weight is 1000 g/mol. The lowest BCUT2D eigenvalue weighted by atomic mass is 9.70. The molecule has 76 heavy (non-hydrogen) atoms. The number of aromatic nitrogens is 3. The summed E-state index contributed by atoms with van der Waals surface area (Å²) in [6, 6.07) is 86.2. The molecule has 0 fully saturated rings. The highest BCUT2D eigenvalue weighted by atomic mass is 32.1. The Morgan fingerprint density at radius 2 is 0.750 bits per heavy atom. The number of hydrogen-bond donors (Lipinski definition) is 0. The molecule has 1 spiro atoms. The van der Waals surface area contributed by atoms with Crippen LogP contribution in [-0.4, -0.2) is 15.0 Å². The van der Waals surface area contributed by atoms with Gasteiger partial charge >= 0.3 is 0 Å². The lowest BCUT2D eigenvalue weighted by Crippen LogP contribution is -2.25. The molecule has 0 aliphatic heterocycles. The highest BCUT2D eigenvalue weighted by Crippen LogP contribution is 2.63. The summed E-state index contributed by atoms with van der Waals surface area (Å²) in [5, 5.41) is 6.77. The minimum absolute atomic E-state index is 0.353. The van der Waals surface area contributed by atoms with Crippen LogP contribution < -0.4 is 0 Å². The molecular formula is C70H39N3OS2. The summed E-state index contributed by atoms with van der Waals surface area (Å²) in [6.07, 6.45) is 0. The number of thiophene rings is 2. The summed E-state index contributed by atoms with van der Waals surface area (Å²) in [7, 11) is 0. The summed E-state index contributed by atoms with van der Waals surface area (Å²) >= 11 is 3.61. The van der Waals surface area contributed by atoms with Crippen LogP contribution in [0.4, 0.5) is 0 Å². The molecule has 0 radical (unpaired) electrons. The van der Waals surface area contributed by atoms with Gasteiger partial charge in [0.15, 0.2) is 17.5 Å². The predicted molar refractivity (Wildman–Crippen MR) is 316 cm³/mol. The zero-order valence-corrected chi connectivity index (χ0v) is 42.2. The van der Waals surface area contributed by atoms with Gasteiger partial charge in [0, 0.05) is 67.8 Å². The van der Waals surface area contributed by atoms with Crippen molar-refractivity contribution in [1.82, 2.24) is 15.0 Å². The van der Waals surface area contributed by atoms with E-state index in [1.807, 2.05) is 23.5 Å². The second-order valence-electron chi connectivity index (χ2n) is 20.1. The van der Waals surface area contributed by atoms with Crippen molar-refractivity contribution in [2.45, 2.75) is 5.41 Å².